The fourth-order valence-corrected chi connectivity index (χ4v) is 2.45. The molecule has 1 rings (SSSR count). The number of carbonyl (C=O) groups is 1. The Labute approximate surface area is 107 Å². The van der Waals surface area contributed by atoms with E-state index in [0.29, 0.717) is 5.75 Å². The van der Waals surface area contributed by atoms with E-state index >= 15 is 0 Å². The fraction of sp³-hybridized carbons (Fsp3) is 0.462. The molecule has 1 aromatic carbocycles. The van der Waals surface area contributed by atoms with Gasteiger partial charge in [0.25, 0.3) is 0 Å². The summed E-state index contributed by atoms with van der Waals surface area (Å²) in [5.74, 6) is 0.696. The third-order valence-electron chi connectivity index (χ3n) is 2.33. The maximum Gasteiger partial charge on any atom is 0.321 e. The predicted octanol–water partition coefficient (Wildman–Crippen LogP) is 2.37. The number of hydrogen-bond acceptors (Lipinski definition) is 3. The second-order valence-electron chi connectivity index (χ2n) is 3.85. The van der Waals surface area contributed by atoms with E-state index in [1.54, 1.807) is 11.8 Å². The molecule has 0 unspecified atom stereocenters. The highest BCUT2D eigenvalue weighted by atomic mass is 32.2. The predicted molar refractivity (Wildman–Crippen MR) is 72.3 cm³/mol. The Balaban J connectivity index is 2.29. The molecule has 0 aliphatic rings. The van der Waals surface area contributed by atoms with Crippen molar-refractivity contribution in [2.45, 2.75) is 25.1 Å². The number of rotatable bonds is 8. The maximum absolute atomic E-state index is 11.0. The van der Waals surface area contributed by atoms with Crippen molar-refractivity contribution in [2.24, 2.45) is 0 Å². The zero-order valence-corrected chi connectivity index (χ0v) is 10.9. The number of carboxylic acids is 1. The molecule has 1 atom stereocenters. The van der Waals surface area contributed by atoms with Crippen molar-refractivity contribution in [3.8, 4) is 0 Å². The molecule has 3 nitrogen and oxygen atoms in total. The molecule has 0 saturated heterocycles. The minimum Gasteiger partial charge on any atom is -0.480 e. The first-order chi connectivity index (χ1) is 8.24. The Morgan fingerprint density at radius 3 is 2.71 bits per heavy atom. The summed E-state index contributed by atoms with van der Waals surface area (Å²) in [6.45, 7) is 2.78. The lowest BCUT2D eigenvalue weighted by atomic mass is 10.2. The van der Waals surface area contributed by atoms with Gasteiger partial charge in [0.05, 0.1) is 0 Å². The van der Waals surface area contributed by atoms with Crippen molar-refractivity contribution >= 4 is 17.7 Å². The van der Waals surface area contributed by atoms with E-state index in [1.807, 2.05) is 25.1 Å². The average molecular weight is 253 g/mol. The molecule has 1 aromatic rings. The topological polar surface area (TPSA) is 49.3 Å². The number of hydrogen-bond donors (Lipinski definition) is 2. The second kappa shape index (κ2) is 8.14. The van der Waals surface area contributed by atoms with Crippen LogP contribution < -0.4 is 5.32 Å². The molecule has 0 aromatic heterocycles. The van der Waals surface area contributed by atoms with Crippen LogP contribution in [0.25, 0.3) is 0 Å². The van der Waals surface area contributed by atoms with Gasteiger partial charge in [-0.3, -0.25) is 4.79 Å². The minimum atomic E-state index is -0.765. The van der Waals surface area contributed by atoms with E-state index in [9.17, 15) is 4.79 Å². The largest absolute Gasteiger partial charge is 0.480 e. The molecule has 0 saturated carbocycles. The number of carboxylic acid groups (broad SMARTS) is 1. The first-order valence-electron chi connectivity index (χ1n) is 5.82. The SMILES string of the molecule is CCCN[C@@H](CSCc1ccccc1)C(=O)O. The zero-order valence-electron chi connectivity index (χ0n) is 10.1. The van der Waals surface area contributed by atoms with Crippen molar-refractivity contribution in [3.05, 3.63) is 35.9 Å². The van der Waals surface area contributed by atoms with Gasteiger partial charge < -0.3 is 10.4 Å². The highest BCUT2D eigenvalue weighted by Gasteiger charge is 2.15. The smallest absolute Gasteiger partial charge is 0.321 e. The van der Waals surface area contributed by atoms with Gasteiger partial charge in [-0.25, -0.2) is 0 Å². The van der Waals surface area contributed by atoms with Gasteiger partial charge in [0.2, 0.25) is 0 Å². The monoisotopic (exact) mass is 253 g/mol. The molecule has 94 valence electrons. The third kappa shape index (κ3) is 5.75. The average Bonchev–Trinajstić information content (AvgIpc) is 2.34. The van der Waals surface area contributed by atoms with Crippen LogP contribution in [0.5, 0.6) is 0 Å². The number of thioether (sulfide) groups is 1. The van der Waals surface area contributed by atoms with E-state index < -0.39 is 12.0 Å². The number of aliphatic carboxylic acids is 1. The van der Waals surface area contributed by atoms with Crippen molar-refractivity contribution in [1.82, 2.24) is 5.32 Å². The van der Waals surface area contributed by atoms with Crippen molar-refractivity contribution < 1.29 is 9.90 Å². The third-order valence-corrected chi connectivity index (χ3v) is 3.44. The lowest BCUT2D eigenvalue weighted by molar-refractivity contribution is -0.138. The van der Waals surface area contributed by atoms with E-state index in [2.05, 4.69) is 17.4 Å². The molecule has 2 N–H and O–H groups in total. The van der Waals surface area contributed by atoms with Crippen molar-refractivity contribution in [3.63, 3.8) is 0 Å². The second-order valence-corrected chi connectivity index (χ2v) is 4.88. The van der Waals surface area contributed by atoms with E-state index in [0.717, 1.165) is 18.7 Å². The van der Waals surface area contributed by atoms with Gasteiger partial charge in [0.1, 0.15) is 6.04 Å². The normalized spacial score (nSPS) is 12.3. The Kier molecular flexibility index (Phi) is 6.74. The van der Waals surface area contributed by atoms with E-state index in [-0.39, 0.29) is 0 Å². The van der Waals surface area contributed by atoms with Crippen molar-refractivity contribution in [1.29, 1.82) is 0 Å². The summed E-state index contributed by atoms with van der Waals surface area (Å²) in [6.07, 6.45) is 0.952. The molecule has 0 heterocycles. The van der Waals surface area contributed by atoms with Crippen LogP contribution in [0.4, 0.5) is 0 Å². The molecule has 0 bridgehead atoms. The van der Waals surface area contributed by atoms with Crippen LogP contribution in [-0.2, 0) is 10.5 Å². The van der Waals surface area contributed by atoms with Crippen LogP contribution in [0.1, 0.15) is 18.9 Å². The molecule has 4 heteroatoms. The first-order valence-corrected chi connectivity index (χ1v) is 6.97. The summed E-state index contributed by atoms with van der Waals surface area (Å²) in [6, 6.07) is 9.66. The van der Waals surface area contributed by atoms with Gasteiger partial charge >= 0.3 is 5.97 Å². The lowest BCUT2D eigenvalue weighted by Crippen LogP contribution is -2.39. The highest BCUT2D eigenvalue weighted by molar-refractivity contribution is 7.98. The molecule has 0 amide bonds. The van der Waals surface area contributed by atoms with Gasteiger partial charge in [-0.05, 0) is 18.5 Å². The molecule has 0 aliphatic heterocycles. The molecule has 0 radical (unpaired) electrons. The maximum atomic E-state index is 11.0. The van der Waals surface area contributed by atoms with Crippen molar-refractivity contribution in [2.75, 3.05) is 12.3 Å². The van der Waals surface area contributed by atoms with E-state index in [4.69, 9.17) is 5.11 Å². The van der Waals surface area contributed by atoms with E-state index in [1.165, 1.54) is 5.56 Å². The van der Waals surface area contributed by atoms with Gasteiger partial charge in [-0.1, -0.05) is 37.3 Å². The summed E-state index contributed by atoms with van der Waals surface area (Å²) in [5.41, 5.74) is 1.23. The van der Waals surface area contributed by atoms with Crippen LogP contribution in [0.15, 0.2) is 30.3 Å². The number of benzene rings is 1. The summed E-state index contributed by atoms with van der Waals surface area (Å²) in [7, 11) is 0. The molecule has 0 fully saturated rings. The molecular formula is C13H19NO2S. The molecule has 17 heavy (non-hydrogen) atoms. The van der Waals surface area contributed by atoms with Crippen LogP contribution in [-0.4, -0.2) is 29.4 Å². The quantitative estimate of drug-likeness (QED) is 0.747. The lowest BCUT2D eigenvalue weighted by Gasteiger charge is -2.13. The Morgan fingerprint density at radius 2 is 2.12 bits per heavy atom. The Hall–Kier alpha value is -1.00. The standard InChI is InChI=1S/C13H19NO2S/c1-2-8-14-12(13(15)16)10-17-9-11-6-4-3-5-7-11/h3-7,12,14H,2,8-10H2,1H3,(H,15,16)/t12-/m0/s1. The first kappa shape index (κ1) is 14.1. The summed E-state index contributed by atoms with van der Waals surface area (Å²) < 4.78 is 0. The molecule has 0 aliphatic carbocycles. The minimum absolute atomic E-state index is 0.441. The summed E-state index contributed by atoms with van der Waals surface area (Å²) >= 11 is 1.65. The van der Waals surface area contributed by atoms with Gasteiger partial charge in [-0.15, -0.1) is 0 Å². The number of nitrogens with one attached hydrogen (secondary N) is 1. The molecular weight excluding hydrogens is 234 g/mol. The highest BCUT2D eigenvalue weighted by Crippen LogP contribution is 2.12. The van der Waals surface area contributed by atoms with Crippen LogP contribution >= 0.6 is 11.8 Å². The summed E-state index contributed by atoms with van der Waals surface area (Å²) in [5, 5.41) is 12.1. The van der Waals surface area contributed by atoms with Crippen LogP contribution in [0.2, 0.25) is 0 Å². The van der Waals surface area contributed by atoms with Crippen LogP contribution in [0.3, 0.4) is 0 Å². The Bertz CT molecular complexity index is 329. The summed E-state index contributed by atoms with van der Waals surface area (Å²) in [4.78, 5) is 11.0. The van der Waals surface area contributed by atoms with Gasteiger partial charge in [0.15, 0.2) is 0 Å². The fourth-order valence-electron chi connectivity index (χ4n) is 1.40. The van der Waals surface area contributed by atoms with Gasteiger partial charge in [-0.2, -0.15) is 11.8 Å². The van der Waals surface area contributed by atoms with Crippen LogP contribution in [0, 0.1) is 0 Å². The zero-order chi connectivity index (χ0) is 12.5. The van der Waals surface area contributed by atoms with Gasteiger partial charge in [0, 0.05) is 11.5 Å². The Morgan fingerprint density at radius 1 is 1.41 bits per heavy atom. The molecule has 0 spiro atoms.